The predicted molar refractivity (Wildman–Crippen MR) is 60.6 cm³/mol. The van der Waals surface area contributed by atoms with Crippen LogP contribution in [0.4, 0.5) is 0 Å². The first-order chi connectivity index (χ1) is 7.66. The lowest BCUT2D eigenvalue weighted by Gasteiger charge is -2.04. The van der Waals surface area contributed by atoms with Gasteiger partial charge >= 0.3 is 0 Å². The minimum absolute atomic E-state index is 0.335. The second-order valence-electron chi connectivity index (χ2n) is 3.59. The summed E-state index contributed by atoms with van der Waals surface area (Å²) in [5, 5.41) is 21.0. The lowest BCUT2D eigenvalue weighted by atomic mass is 10.1. The van der Waals surface area contributed by atoms with Gasteiger partial charge in [-0.25, -0.2) is 4.68 Å². The molecule has 16 heavy (non-hydrogen) atoms. The van der Waals surface area contributed by atoms with Crippen LogP contribution in [-0.2, 0) is 0 Å². The second-order valence-corrected chi connectivity index (χ2v) is 3.59. The number of rotatable bonds is 2. The molecule has 2 aromatic rings. The van der Waals surface area contributed by atoms with Crippen molar-refractivity contribution in [2.75, 3.05) is 0 Å². The highest BCUT2D eigenvalue weighted by Crippen LogP contribution is 2.21. The fourth-order valence-electron chi connectivity index (χ4n) is 1.45. The van der Waals surface area contributed by atoms with Crippen LogP contribution >= 0.6 is 0 Å². The maximum absolute atomic E-state index is 9.61. The number of aromatic nitrogens is 3. The maximum Gasteiger partial charge on any atom is 0.141 e. The SMILES string of the molecule is Cc1cc(C=Nn2cnnc2)cc(C)c1O. The van der Waals surface area contributed by atoms with Crippen LogP contribution in [0.5, 0.6) is 5.75 Å². The van der Waals surface area contributed by atoms with Crippen LogP contribution in [-0.4, -0.2) is 26.2 Å². The number of aryl methyl sites for hydroxylation is 2. The molecule has 0 amide bonds. The van der Waals surface area contributed by atoms with Gasteiger partial charge in [0.1, 0.15) is 18.4 Å². The zero-order chi connectivity index (χ0) is 11.5. The van der Waals surface area contributed by atoms with Crippen LogP contribution in [0, 0.1) is 13.8 Å². The van der Waals surface area contributed by atoms with Crippen molar-refractivity contribution in [1.82, 2.24) is 14.9 Å². The molecule has 0 aliphatic carbocycles. The van der Waals surface area contributed by atoms with Gasteiger partial charge in [-0.15, -0.1) is 10.2 Å². The molecule has 0 fully saturated rings. The van der Waals surface area contributed by atoms with Gasteiger partial charge in [-0.3, -0.25) is 0 Å². The number of phenolic OH excluding ortho intramolecular Hbond substituents is 1. The molecule has 0 radical (unpaired) electrons. The molecule has 0 saturated heterocycles. The molecule has 0 spiro atoms. The summed E-state index contributed by atoms with van der Waals surface area (Å²) in [6.07, 6.45) is 4.72. The molecule has 0 bridgehead atoms. The summed E-state index contributed by atoms with van der Waals surface area (Å²) >= 11 is 0. The Hall–Kier alpha value is -2.17. The minimum atomic E-state index is 0.335. The lowest BCUT2D eigenvalue weighted by Crippen LogP contribution is -1.90. The van der Waals surface area contributed by atoms with Crippen LogP contribution in [0.15, 0.2) is 29.9 Å². The Balaban J connectivity index is 2.29. The van der Waals surface area contributed by atoms with Crippen molar-refractivity contribution in [3.05, 3.63) is 41.5 Å². The third-order valence-electron chi connectivity index (χ3n) is 2.26. The highest BCUT2D eigenvalue weighted by Gasteiger charge is 2.01. The van der Waals surface area contributed by atoms with Gasteiger partial charge in [0.15, 0.2) is 0 Å². The fraction of sp³-hybridized carbons (Fsp3) is 0.182. The van der Waals surface area contributed by atoms with E-state index in [9.17, 15) is 5.11 Å². The molecule has 1 N–H and O–H groups in total. The summed E-state index contributed by atoms with van der Waals surface area (Å²) in [5.41, 5.74) is 2.61. The zero-order valence-corrected chi connectivity index (χ0v) is 9.12. The van der Waals surface area contributed by atoms with Crippen LogP contribution in [0.1, 0.15) is 16.7 Å². The Kier molecular flexibility index (Phi) is 2.68. The Morgan fingerprint density at radius 1 is 1.19 bits per heavy atom. The molecule has 5 heteroatoms. The highest BCUT2D eigenvalue weighted by molar-refractivity contribution is 5.80. The Bertz CT molecular complexity index is 494. The van der Waals surface area contributed by atoms with Crippen LogP contribution in [0.25, 0.3) is 0 Å². The summed E-state index contributed by atoms with van der Waals surface area (Å²) in [7, 11) is 0. The molecule has 0 atom stereocenters. The van der Waals surface area contributed by atoms with Crippen molar-refractivity contribution in [3.63, 3.8) is 0 Å². The smallest absolute Gasteiger partial charge is 0.141 e. The van der Waals surface area contributed by atoms with Gasteiger partial charge in [0.05, 0.1) is 6.21 Å². The van der Waals surface area contributed by atoms with Crippen molar-refractivity contribution in [2.24, 2.45) is 5.10 Å². The van der Waals surface area contributed by atoms with E-state index in [2.05, 4.69) is 15.3 Å². The van der Waals surface area contributed by atoms with E-state index < -0.39 is 0 Å². The largest absolute Gasteiger partial charge is 0.507 e. The van der Waals surface area contributed by atoms with Crippen LogP contribution in [0.3, 0.4) is 0 Å². The molecule has 0 unspecified atom stereocenters. The summed E-state index contributed by atoms with van der Waals surface area (Å²) in [6, 6.07) is 3.74. The van der Waals surface area contributed by atoms with Gasteiger partial charge in [0.2, 0.25) is 0 Å². The number of aromatic hydroxyl groups is 1. The Morgan fingerprint density at radius 3 is 2.31 bits per heavy atom. The summed E-state index contributed by atoms with van der Waals surface area (Å²) in [5.74, 6) is 0.335. The lowest BCUT2D eigenvalue weighted by molar-refractivity contribution is 0.467. The average molecular weight is 216 g/mol. The first-order valence-electron chi connectivity index (χ1n) is 4.86. The fourth-order valence-corrected chi connectivity index (χ4v) is 1.45. The van der Waals surface area contributed by atoms with Crippen molar-refractivity contribution in [2.45, 2.75) is 13.8 Å². The first-order valence-corrected chi connectivity index (χ1v) is 4.86. The molecule has 0 aliphatic rings. The molecule has 1 heterocycles. The van der Waals surface area contributed by atoms with E-state index in [1.807, 2.05) is 26.0 Å². The normalized spacial score (nSPS) is 11.1. The third kappa shape index (κ3) is 2.08. The van der Waals surface area contributed by atoms with Gasteiger partial charge in [-0.1, -0.05) is 0 Å². The van der Waals surface area contributed by atoms with Crippen molar-refractivity contribution < 1.29 is 5.11 Å². The summed E-state index contributed by atoms with van der Waals surface area (Å²) in [4.78, 5) is 0. The van der Waals surface area contributed by atoms with E-state index in [0.717, 1.165) is 16.7 Å². The third-order valence-corrected chi connectivity index (χ3v) is 2.26. The number of nitrogens with zero attached hydrogens (tertiary/aromatic N) is 4. The van der Waals surface area contributed by atoms with E-state index in [1.165, 1.54) is 17.3 Å². The van der Waals surface area contributed by atoms with E-state index in [0.29, 0.717) is 5.75 Å². The molecule has 2 rings (SSSR count). The molecular weight excluding hydrogens is 204 g/mol. The van der Waals surface area contributed by atoms with Crippen molar-refractivity contribution in [3.8, 4) is 5.75 Å². The van der Waals surface area contributed by atoms with Crippen LogP contribution in [0.2, 0.25) is 0 Å². The molecule has 1 aromatic heterocycles. The predicted octanol–water partition coefficient (Wildman–Crippen LogP) is 1.48. The van der Waals surface area contributed by atoms with Gasteiger partial charge in [-0.05, 0) is 42.7 Å². The first kappa shape index (κ1) is 10.4. The van der Waals surface area contributed by atoms with E-state index in [-0.39, 0.29) is 0 Å². The molecule has 5 nitrogen and oxygen atoms in total. The van der Waals surface area contributed by atoms with Crippen molar-refractivity contribution in [1.29, 1.82) is 0 Å². The van der Waals surface area contributed by atoms with E-state index >= 15 is 0 Å². The highest BCUT2D eigenvalue weighted by atomic mass is 16.3. The quantitative estimate of drug-likeness (QED) is 0.773. The van der Waals surface area contributed by atoms with Gasteiger partial charge < -0.3 is 5.11 Å². The summed E-state index contributed by atoms with van der Waals surface area (Å²) in [6.45, 7) is 3.72. The molecule has 1 aromatic carbocycles. The second kappa shape index (κ2) is 4.14. The zero-order valence-electron chi connectivity index (χ0n) is 9.12. The number of benzene rings is 1. The monoisotopic (exact) mass is 216 g/mol. The number of phenols is 1. The van der Waals surface area contributed by atoms with Gasteiger partial charge in [0.25, 0.3) is 0 Å². The standard InChI is InChI=1S/C11H12N4O/c1-8-3-10(4-9(2)11(8)16)5-14-15-6-12-13-7-15/h3-7,16H,1-2H3. The van der Waals surface area contributed by atoms with Gasteiger partial charge in [0, 0.05) is 0 Å². The molecule has 82 valence electrons. The minimum Gasteiger partial charge on any atom is -0.507 e. The van der Waals surface area contributed by atoms with E-state index in [4.69, 9.17) is 0 Å². The number of hydrogen-bond acceptors (Lipinski definition) is 4. The van der Waals surface area contributed by atoms with Crippen LogP contribution < -0.4 is 0 Å². The average Bonchev–Trinajstić information content (AvgIpc) is 2.75. The molecular formula is C11H12N4O. The molecule has 0 saturated carbocycles. The van der Waals surface area contributed by atoms with Crippen molar-refractivity contribution >= 4 is 6.21 Å². The van der Waals surface area contributed by atoms with E-state index in [1.54, 1.807) is 6.21 Å². The van der Waals surface area contributed by atoms with Gasteiger partial charge in [-0.2, -0.15) is 5.10 Å². The molecule has 0 aliphatic heterocycles. The Morgan fingerprint density at radius 2 is 1.75 bits per heavy atom. The Labute approximate surface area is 93.1 Å². The number of hydrogen-bond donors (Lipinski definition) is 1. The topological polar surface area (TPSA) is 63.3 Å². The summed E-state index contributed by atoms with van der Waals surface area (Å²) < 4.78 is 1.51. The maximum atomic E-state index is 9.61.